The van der Waals surface area contributed by atoms with Crippen molar-refractivity contribution in [2.24, 2.45) is 0 Å². The van der Waals surface area contributed by atoms with Gasteiger partial charge in [0, 0.05) is 19.7 Å². The van der Waals surface area contributed by atoms with Crippen LogP contribution in [0.3, 0.4) is 0 Å². The Morgan fingerprint density at radius 2 is 2.00 bits per heavy atom. The molecule has 4 nitrogen and oxygen atoms in total. The van der Waals surface area contributed by atoms with Crippen molar-refractivity contribution in [3.8, 4) is 0 Å². The number of methoxy groups -OCH3 is 1. The van der Waals surface area contributed by atoms with Gasteiger partial charge in [0.05, 0.1) is 12.1 Å². The molecule has 1 fully saturated rings. The third-order valence-corrected chi connectivity index (χ3v) is 4.49. The van der Waals surface area contributed by atoms with Crippen molar-refractivity contribution in [2.75, 3.05) is 14.2 Å². The van der Waals surface area contributed by atoms with Gasteiger partial charge in [0.2, 0.25) is 0 Å². The third-order valence-electron chi connectivity index (χ3n) is 4.49. The Hall–Kier alpha value is -1.39. The number of carbonyl (C=O) groups excluding carboxylic acids is 1. The van der Waals surface area contributed by atoms with Gasteiger partial charge in [-0.25, -0.2) is 0 Å². The Morgan fingerprint density at radius 3 is 2.57 bits per heavy atom. The molecule has 1 saturated carbocycles. The Balaban J connectivity index is 2.10. The second-order valence-corrected chi connectivity index (χ2v) is 5.73. The van der Waals surface area contributed by atoms with Crippen molar-refractivity contribution < 1.29 is 14.6 Å². The van der Waals surface area contributed by atoms with Crippen LogP contribution in [0.25, 0.3) is 0 Å². The molecule has 4 heteroatoms. The van der Waals surface area contributed by atoms with E-state index in [9.17, 15) is 9.90 Å². The molecule has 0 aromatic heterocycles. The maximum atomic E-state index is 12.6. The Kier molecular flexibility index (Phi) is 5.37. The van der Waals surface area contributed by atoms with Crippen LogP contribution in [-0.4, -0.2) is 48.3 Å². The molecule has 1 N–H and O–H groups in total. The molecule has 3 atom stereocenters. The van der Waals surface area contributed by atoms with Gasteiger partial charge in [-0.2, -0.15) is 0 Å². The van der Waals surface area contributed by atoms with Crippen LogP contribution < -0.4 is 0 Å². The summed E-state index contributed by atoms with van der Waals surface area (Å²) in [5.74, 6) is -0.0431. The van der Waals surface area contributed by atoms with E-state index in [0.717, 1.165) is 25.7 Å². The summed E-state index contributed by atoms with van der Waals surface area (Å²) in [7, 11) is 3.38. The molecule has 116 valence electrons. The number of aliphatic hydroxyl groups is 1. The zero-order valence-corrected chi connectivity index (χ0v) is 13.1. The number of aliphatic hydroxyl groups excluding tert-OH is 1. The lowest BCUT2D eigenvalue weighted by Crippen LogP contribution is -2.52. The molecular weight excluding hydrogens is 266 g/mol. The van der Waals surface area contributed by atoms with Gasteiger partial charge in [-0.15, -0.1) is 0 Å². The first-order valence-corrected chi connectivity index (χ1v) is 7.65. The number of nitrogens with zero attached hydrogens (tertiary/aromatic N) is 1. The lowest BCUT2D eigenvalue weighted by Gasteiger charge is -2.39. The standard InChI is InChI=1S/C17H25NO3/c1-4-12-8-10-13(11-9-12)17(20)18(2)14-6-5-7-15(21-3)16(14)19/h8-11,14-16,19H,4-7H2,1-3H3/t14-,15-,16-/m1/s1. The Labute approximate surface area is 126 Å². The normalized spacial score (nSPS) is 25.6. The Bertz CT molecular complexity index is 471. The predicted molar refractivity (Wildman–Crippen MR) is 82.4 cm³/mol. The van der Waals surface area contributed by atoms with Crippen molar-refractivity contribution in [3.05, 3.63) is 35.4 Å². The highest BCUT2D eigenvalue weighted by Gasteiger charge is 2.36. The summed E-state index contributed by atoms with van der Waals surface area (Å²) in [6.45, 7) is 2.09. The summed E-state index contributed by atoms with van der Waals surface area (Å²) in [5.41, 5.74) is 1.88. The van der Waals surface area contributed by atoms with E-state index in [0.29, 0.717) is 5.56 Å². The number of ether oxygens (including phenoxy) is 1. The highest BCUT2D eigenvalue weighted by atomic mass is 16.5. The monoisotopic (exact) mass is 291 g/mol. The molecule has 0 spiro atoms. The Morgan fingerprint density at radius 1 is 1.33 bits per heavy atom. The molecule has 0 saturated heterocycles. The minimum atomic E-state index is -0.618. The van der Waals surface area contributed by atoms with Gasteiger partial charge in [0.15, 0.2) is 0 Å². The second-order valence-electron chi connectivity index (χ2n) is 5.73. The van der Waals surface area contributed by atoms with E-state index in [-0.39, 0.29) is 18.1 Å². The van der Waals surface area contributed by atoms with Crippen LogP contribution in [0, 0.1) is 0 Å². The van der Waals surface area contributed by atoms with Gasteiger partial charge >= 0.3 is 0 Å². The number of amides is 1. The van der Waals surface area contributed by atoms with Crippen LogP contribution in [0.4, 0.5) is 0 Å². The molecule has 1 aliphatic rings. The maximum Gasteiger partial charge on any atom is 0.253 e. The highest BCUT2D eigenvalue weighted by Crippen LogP contribution is 2.25. The molecule has 0 unspecified atom stereocenters. The summed E-state index contributed by atoms with van der Waals surface area (Å²) in [5, 5.41) is 10.4. The number of aryl methyl sites for hydroxylation is 1. The van der Waals surface area contributed by atoms with Gasteiger partial charge in [-0.3, -0.25) is 4.79 Å². The molecule has 21 heavy (non-hydrogen) atoms. The molecule has 0 radical (unpaired) electrons. The fraction of sp³-hybridized carbons (Fsp3) is 0.588. The molecule has 0 aliphatic heterocycles. The first kappa shape index (κ1) is 16.0. The molecule has 2 rings (SSSR count). The van der Waals surface area contributed by atoms with Crippen LogP contribution >= 0.6 is 0 Å². The third kappa shape index (κ3) is 3.44. The van der Waals surface area contributed by atoms with Crippen molar-refractivity contribution in [1.29, 1.82) is 0 Å². The van der Waals surface area contributed by atoms with Gasteiger partial charge in [0.1, 0.15) is 6.10 Å². The van der Waals surface area contributed by atoms with Crippen LogP contribution in [-0.2, 0) is 11.2 Å². The van der Waals surface area contributed by atoms with E-state index >= 15 is 0 Å². The number of hydrogen-bond donors (Lipinski definition) is 1. The average Bonchev–Trinajstić information content (AvgIpc) is 2.54. The lowest BCUT2D eigenvalue weighted by molar-refractivity contribution is -0.0714. The summed E-state index contributed by atoms with van der Waals surface area (Å²) in [6, 6.07) is 7.51. The number of hydrogen-bond acceptors (Lipinski definition) is 3. The largest absolute Gasteiger partial charge is 0.388 e. The first-order chi connectivity index (χ1) is 10.1. The summed E-state index contributed by atoms with van der Waals surface area (Å²) in [6.07, 6.45) is 2.79. The van der Waals surface area contributed by atoms with Crippen molar-refractivity contribution >= 4 is 5.91 Å². The minimum absolute atomic E-state index is 0.0431. The van der Waals surface area contributed by atoms with Crippen LogP contribution in [0.15, 0.2) is 24.3 Å². The molecule has 1 aromatic rings. The molecule has 0 heterocycles. The highest BCUT2D eigenvalue weighted by molar-refractivity contribution is 5.94. The van der Waals surface area contributed by atoms with E-state index in [1.165, 1.54) is 5.56 Å². The van der Waals surface area contributed by atoms with Gasteiger partial charge < -0.3 is 14.7 Å². The SMILES string of the molecule is CCc1ccc(C(=O)N(C)[C@@H]2CCC[C@@H](OC)[C@@H]2O)cc1. The van der Waals surface area contributed by atoms with Crippen molar-refractivity contribution in [3.63, 3.8) is 0 Å². The molecule has 1 aliphatic carbocycles. The summed E-state index contributed by atoms with van der Waals surface area (Å²) < 4.78 is 5.31. The van der Waals surface area contributed by atoms with Crippen LogP contribution in [0.2, 0.25) is 0 Å². The topological polar surface area (TPSA) is 49.8 Å². The minimum Gasteiger partial charge on any atom is -0.388 e. The molecule has 0 bridgehead atoms. The number of likely N-dealkylation sites (N-methyl/N-ethyl adjacent to an activating group) is 1. The summed E-state index contributed by atoms with van der Waals surface area (Å²) in [4.78, 5) is 14.2. The van der Waals surface area contributed by atoms with E-state index in [2.05, 4.69) is 6.92 Å². The van der Waals surface area contributed by atoms with Gasteiger partial charge in [-0.1, -0.05) is 19.1 Å². The zero-order chi connectivity index (χ0) is 15.4. The molecule has 1 aromatic carbocycles. The quantitative estimate of drug-likeness (QED) is 0.925. The predicted octanol–water partition coefficient (Wildman–Crippen LogP) is 2.25. The lowest BCUT2D eigenvalue weighted by atomic mass is 9.88. The molecule has 1 amide bonds. The van der Waals surface area contributed by atoms with Crippen LogP contribution in [0.5, 0.6) is 0 Å². The van der Waals surface area contributed by atoms with Gasteiger partial charge in [-0.05, 0) is 43.4 Å². The fourth-order valence-electron chi connectivity index (χ4n) is 3.03. The van der Waals surface area contributed by atoms with Gasteiger partial charge in [0.25, 0.3) is 5.91 Å². The van der Waals surface area contributed by atoms with E-state index < -0.39 is 6.10 Å². The maximum absolute atomic E-state index is 12.6. The number of rotatable bonds is 4. The van der Waals surface area contributed by atoms with E-state index in [1.807, 2.05) is 24.3 Å². The number of carbonyl (C=O) groups is 1. The smallest absolute Gasteiger partial charge is 0.253 e. The average molecular weight is 291 g/mol. The zero-order valence-electron chi connectivity index (χ0n) is 13.1. The second kappa shape index (κ2) is 7.05. The van der Waals surface area contributed by atoms with E-state index in [4.69, 9.17) is 4.74 Å². The number of benzene rings is 1. The summed E-state index contributed by atoms with van der Waals surface area (Å²) >= 11 is 0. The first-order valence-electron chi connectivity index (χ1n) is 7.65. The van der Waals surface area contributed by atoms with Crippen molar-refractivity contribution in [2.45, 2.75) is 50.9 Å². The van der Waals surface area contributed by atoms with Crippen molar-refractivity contribution in [1.82, 2.24) is 4.90 Å². The fourth-order valence-corrected chi connectivity index (χ4v) is 3.03. The van der Waals surface area contributed by atoms with E-state index in [1.54, 1.807) is 19.1 Å². The van der Waals surface area contributed by atoms with Crippen LogP contribution in [0.1, 0.15) is 42.1 Å². The molecular formula is C17H25NO3.